The van der Waals surface area contributed by atoms with E-state index in [-0.39, 0.29) is 0 Å². The fraction of sp³-hybridized carbons (Fsp3) is 0.429. The van der Waals surface area contributed by atoms with Gasteiger partial charge in [-0.15, -0.1) is 0 Å². The van der Waals surface area contributed by atoms with E-state index in [0.29, 0.717) is 12.8 Å². The summed E-state index contributed by atoms with van der Waals surface area (Å²) in [5.74, 6) is -0.392. The lowest BCUT2D eigenvalue weighted by Gasteiger charge is -2.25. The van der Waals surface area contributed by atoms with Gasteiger partial charge in [-0.2, -0.15) is 0 Å². The second-order valence-corrected chi connectivity index (χ2v) is 4.67. The largest absolute Gasteiger partial charge is 0.468 e. The Hall–Kier alpha value is -1.68. The molecule has 2 N–H and O–H groups in total. The molecular weight excluding hydrogens is 228 g/mol. The molecule has 1 atom stereocenters. The van der Waals surface area contributed by atoms with E-state index in [1.807, 2.05) is 32.1 Å². The van der Waals surface area contributed by atoms with Gasteiger partial charge in [0.2, 0.25) is 0 Å². The van der Waals surface area contributed by atoms with Crippen molar-refractivity contribution < 1.29 is 9.53 Å². The first-order valence-electron chi connectivity index (χ1n) is 5.87. The van der Waals surface area contributed by atoms with E-state index in [1.54, 1.807) is 12.4 Å². The first-order valence-corrected chi connectivity index (χ1v) is 5.87. The van der Waals surface area contributed by atoms with Gasteiger partial charge in [0.05, 0.1) is 7.11 Å². The van der Waals surface area contributed by atoms with E-state index < -0.39 is 11.5 Å². The van der Waals surface area contributed by atoms with Gasteiger partial charge in [0.15, 0.2) is 0 Å². The fourth-order valence-electron chi connectivity index (χ4n) is 1.68. The van der Waals surface area contributed by atoms with Gasteiger partial charge in [0.1, 0.15) is 5.54 Å². The molecule has 0 bridgehead atoms. The van der Waals surface area contributed by atoms with E-state index in [9.17, 15) is 4.79 Å². The van der Waals surface area contributed by atoms with Gasteiger partial charge in [-0.3, -0.25) is 9.78 Å². The van der Waals surface area contributed by atoms with Crippen LogP contribution >= 0.6 is 0 Å². The topological polar surface area (TPSA) is 65.2 Å². The molecule has 4 nitrogen and oxygen atoms in total. The minimum atomic E-state index is -1.02. The van der Waals surface area contributed by atoms with Crippen LogP contribution in [0, 0.1) is 0 Å². The van der Waals surface area contributed by atoms with Gasteiger partial charge in [0, 0.05) is 18.8 Å². The van der Waals surface area contributed by atoms with Gasteiger partial charge in [-0.1, -0.05) is 11.6 Å². The molecule has 1 unspecified atom stereocenters. The average molecular weight is 248 g/mol. The summed E-state index contributed by atoms with van der Waals surface area (Å²) in [4.78, 5) is 15.8. The highest BCUT2D eigenvalue weighted by Gasteiger charge is 2.34. The third-order valence-corrected chi connectivity index (χ3v) is 2.74. The van der Waals surface area contributed by atoms with E-state index in [0.717, 1.165) is 11.1 Å². The summed E-state index contributed by atoms with van der Waals surface area (Å²) < 4.78 is 4.81. The lowest BCUT2D eigenvalue weighted by molar-refractivity contribution is -0.146. The minimum absolute atomic E-state index is 0.392. The summed E-state index contributed by atoms with van der Waals surface area (Å²) >= 11 is 0. The van der Waals surface area contributed by atoms with E-state index in [4.69, 9.17) is 10.5 Å². The Morgan fingerprint density at radius 3 is 2.56 bits per heavy atom. The molecule has 1 aromatic heterocycles. The number of aromatic nitrogens is 1. The maximum absolute atomic E-state index is 11.9. The van der Waals surface area contributed by atoms with Crippen LogP contribution < -0.4 is 5.73 Å². The number of carbonyl (C=O) groups is 1. The van der Waals surface area contributed by atoms with Crippen LogP contribution in [0.25, 0.3) is 0 Å². The van der Waals surface area contributed by atoms with Crippen molar-refractivity contribution in [3.05, 3.63) is 41.7 Å². The van der Waals surface area contributed by atoms with Crippen molar-refractivity contribution in [1.82, 2.24) is 4.98 Å². The van der Waals surface area contributed by atoms with E-state index in [2.05, 4.69) is 4.98 Å². The molecule has 0 saturated carbocycles. The first kappa shape index (κ1) is 14.4. The van der Waals surface area contributed by atoms with Crippen LogP contribution in [0.15, 0.2) is 36.2 Å². The summed E-state index contributed by atoms with van der Waals surface area (Å²) in [6, 6.07) is 3.71. The highest BCUT2D eigenvalue weighted by Crippen LogP contribution is 2.18. The van der Waals surface area contributed by atoms with Crippen molar-refractivity contribution in [2.24, 2.45) is 5.73 Å². The van der Waals surface area contributed by atoms with Crippen molar-refractivity contribution >= 4 is 5.97 Å². The van der Waals surface area contributed by atoms with Crippen molar-refractivity contribution in [2.75, 3.05) is 7.11 Å². The van der Waals surface area contributed by atoms with Crippen LogP contribution in [0.3, 0.4) is 0 Å². The lowest BCUT2D eigenvalue weighted by Crippen LogP contribution is -2.50. The number of rotatable bonds is 5. The zero-order chi connectivity index (χ0) is 13.6. The van der Waals surface area contributed by atoms with Gasteiger partial charge in [-0.25, -0.2) is 0 Å². The molecular formula is C14H20N2O2. The van der Waals surface area contributed by atoms with E-state index >= 15 is 0 Å². The maximum Gasteiger partial charge on any atom is 0.326 e. The van der Waals surface area contributed by atoms with Crippen LogP contribution in [0.1, 0.15) is 25.8 Å². The number of nitrogens with zero attached hydrogens (tertiary/aromatic N) is 1. The number of allylic oxidation sites excluding steroid dienone is 1. The average Bonchev–Trinajstić information content (AvgIpc) is 2.36. The predicted octanol–water partition coefficient (Wildman–Crippen LogP) is 1.85. The Balaban J connectivity index is 2.91. The quantitative estimate of drug-likeness (QED) is 0.638. The molecule has 18 heavy (non-hydrogen) atoms. The standard InChI is InChI=1S/C14H20N2O2/c1-11(2)4-7-14(15,13(17)18-3)10-12-5-8-16-9-6-12/h4-6,8-9H,7,10,15H2,1-3H3. The van der Waals surface area contributed by atoms with Crippen LogP contribution in [0.5, 0.6) is 0 Å². The Labute approximate surface area is 108 Å². The Morgan fingerprint density at radius 2 is 2.06 bits per heavy atom. The van der Waals surface area contributed by atoms with Crippen molar-refractivity contribution in [3.63, 3.8) is 0 Å². The fourth-order valence-corrected chi connectivity index (χ4v) is 1.68. The van der Waals surface area contributed by atoms with Gasteiger partial charge in [0.25, 0.3) is 0 Å². The monoisotopic (exact) mass is 248 g/mol. The highest BCUT2D eigenvalue weighted by atomic mass is 16.5. The molecule has 98 valence electrons. The number of hydrogen-bond acceptors (Lipinski definition) is 4. The van der Waals surface area contributed by atoms with Crippen molar-refractivity contribution in [1.29, 1.82) is 0 Å². The zero-order valence-electron chi connectivity index (χ0n) is 11.1. The number of ether oxygens (including phenoxy) is 1. The third-order valence-electron chi connectivity index (χ3n) is 2.74. The Morgan fingerprint density at radius 1 is 1.44 bits per heavy atom. The minimum Gasteiger partial charge on any atom is -0.468 e. The smallest absolute Gasteiger partial charge is 0.326 e. The second kappa shape index (κ2) is 6.31. The first-order chi connectivity index (χ1) is 8.48. The Kier molecular flexibility index (Phi) is 5.04. The number of methoxy groups -OCH3 is 1. The number of hydrogen-bond donors (Lipinski definition) is 1. The van der Waals surface area contributed by atoms with Crippen molar-refractivity contribution in [2.45, 2.75) is 32.2 Å². The summed E-state index contributed by atoms with van der Waals surface area (Å²) in [6.07, 6.45) is 6.23. The van der Waals surface area contributed by atoms with Crippen LogP contribution in [0.4, 0.5) is 0 Å². The number of esters is 1. The number of carbonyl (C=O) groups excluding carboxylic acids is 1. The second-order valence-electron chi connectivity index (χ2n) is 4.67. The molecule has 0 aliphatic rings. The zero-order valence-corrected chi connectivity index (χ0v) is 11.1. The van der Waals surface area contributed by atoms with Crippen LogP contribution in [-0.2, 0) is 16.0 Å². The number of nitrogens with two attached hydrogens (primary N) is 1. The summed E-state index contributed by atoms with van der Waals surface area (Å²) in [5, 5.41) is 0. The molecule has 0 fully saturated rings. The molecule has 0 amide bonds. The maximum atomic E-state index is 11.9. The third kappa shape index (κ3) is 3.96. The highest BCUT2D eigenvalue weighted by molar-refractivity contribution is 5.81. The molecule has 0 radical (unpaired) electrons. The summed E-state index contributed by atoms with van der Waals surface area (Å²) in [6.45, 7) is 3.95. The molecule has 0 aliphatic carbocycles. The van der Waals surface area contributed by atoms with E-state index in [1.165, 1.54) is 7.11 Å². The van der Waals surface area contributed by atoms with Gasteiger partial charge < -0.3 is 10.5 Å². The molecule has 1 aromatic rings. The van der Waals surface area contributed by atoms with Gasteiger partial charge >= 0.3 is 5.97 Å². The predicted molar refractivity (Wildman–Crippen MR) is 70.9 cm³/mol. The number of pyridine rings is 1. The van der Waals surface area contributed by atoms with Crippen LogP contribution in [0.2, 0.25) is 0 Å². The molecule has 0 saturated heterocycles. The molecule has 1 heterocycles. The SMILES string of the molecule is COC(=O)C(N)(CC=C(C)C)Cc1ccncc1. The summed E-state index contributed by atoms with van der Waals surface area (Å²) in [7, 11) is 1.36. The van der Waals surface area contributed by atoms with Gasteiger partial charge in [-0.05, 0) is 38.0 Å². The molecule has 0 aromatic carbocycles. The molecule has 0 spiro atoms. The normalized spacial score (nSPS) is 13.6. The Bertz CT molecular complexity index is 425. The molecule has 1 rings (SSSR count). The molecule has 4 heteroatoms. The summed E-state index contributed by atoms with van der Waals surface area (Å²) in [5.41, 5.74) is 7.27. The van der Waals surface area contributed by atoms with Crippen LogP contribution in [-0.4, -0.2) is 23.6 Å². The molecule has 0 aliphatic heterocycles. The lowest BCUT2D eigenvalue weighted by atomic mass is 9.88. The van der Waals surface area contributed by atoms with Crippen molar-refractivity contribution in [3.8, 4) is 0 Å².